The molecule has 1 rings (SSSR count). The maximum Gasteiger partial charge on any atom is 0.0924 e. The zero-order chi connectivity index (χ0) is 6.85. The zero-order valence-corrected chi connectivity index (χ0v) is 5.33. The van der Waals surface area contributed by atoms with Gasteiger partial charge in [-0.25, -0.2) is 0 Å². The molecule has 0 aliphatic heterocycles. The van der Waals surface area contributed by atoms with Crippen LogP contribution in [0.4, 0.5) is 0 Å². The maximum atomic E-state index is 8.96. The topological polar surface area (TPSA) is 66.5 Å². The fourth-order valence-corrected chi connectivity index (χ4v) is 0.917. The number of rotatable bonds is 3. The molecular weight excluding hydrogens is 118 g/mol. The van der Waals surface area contributed by atoms with Crippen molar-refractivity contribution in [1.82, 2.24) is 0 Å². The van der Waals surface area contributed by atoms with E-state index >= 15 is 0 Å². The molecule has 0 aromatic carbocycles. The molecule has 3 nitrogen and oxygen atoms in total. The van der Waals surface area contributed by atoms with Crippen LogP contribution in [-0.2, 0) is 0 Å². The fraction of sp³-hybridized carbons (Fsp3) is 1.00. The molecule has 0 aromatic heterocycles. The van der Waals surface area contributed by atoms with Gasteiger partial charge in [0.2, 0.25) is 0 Å². The van der Waals surface area contributed by atoms with Crippen molar-refractivity contribution < 1.29 is 10.2 Å². The minimum atomic E-state index is -0.711. The summed E-state index contributed by atoms with van der Waals surface area (Å²) in [5.41, 5.74) is 5.52. The molecule has 4 N–H and O–H groups in total. The standard InChI is InChI=1S/C6H13NO2/c7-6(4-1-2-4)5(9)3-8/h4-6,8-9H,1-3,7H2. The van der Waals surface area contributed by atoms with Gasteiger partial charge in [-0.1, -0.05) is 0 Å². The van der Waals surface area contributed by atoms with E-state index in [9.17, 15) is 0 Å². The van der Waals surface area contributed by atoms with E-state index in [1.807, 2.05) is 0 Å². The van der Waals surface area contributed by atoms with Gasteiger partial charge in [0.1, 0.15) is 0 Å². The van der Waals surface area contributed by atoms with E-state index in [1.54, 1.807) is 0 Å². The van der Waals surface area contributed by atoms with Crippen LogP contribution in [0.2, 0.25) is 0 Å². The lowest BCUT2D eigenvalue weighted by Gasteiger charge is -2.14. The van der Waals surface area contributed by atoms with Gasteiger partial charge in [0, 0.05) is 6.04 Å². The smallest absolute Gasteiger partial charge is 0.0924 e. The van der Waals surface area contributed by atoms with Crippen LogP contribution in [-0.4, -0.2) is 29.0 Å². The van der Waals surface area contributed by atoms with E-state index < -0.39 is 6.10 Å². The van der Waals surface area contributed by atoms with Crippen molar-refractivity contribution in [2.75, 3.05) is 6.61 Å². The zero-order valence-electron chi connectivity index (χ0n) is 5.33. The van der Waals surface area contributed by atoms with Crippen LogP contribution in [0.15, 0.2) is 0 Å². The van der Waals surface area contributed by atoms with Crippen LogP contribution in [0.5, 0.6) is 0 Å². The molecule has 0 radical (unpaired) electrons. The van der Waals surface area contributed by atoms with Crippen LogP contribution < -0.4 is 5.73 Å². The van der Waals surface area contributed by atoms with Gasteiger partial charge in [-0.2, -0.15) is 0 Å². The van der Waals surface area contributed by atoms with Crippen LogP contribution >= 0.6 is 0 Å². The molecular formula is C6H13NO2. The average Bonchev–Trinajstić information content (AvgIpc) is 2.66. The Balaban J connectivity index is 2.22. The lowest BCUT2D eigenvalue weighted by Crippen LogP contribution is -2.38. The van der Waals surface area contributed by atoms with E-state index in [0.717, 1.165) is 12.8 Å². The number of aliphatic hydroxyl groups excluding tert-OH is 2. The summed E-state index contributed by atoms with van der Waals surface area (Å²) >= 11 is 0. The summed E-state index contributed by atoms with van der Waals surface area (Å²) in [4.78, 5) is 0. The molecule has 2 unspecified atom stereocenters. The Morgan fingerprint density at radius 1 is 1.56 bits per heavy atom. The highest BCUT2D eigenvalue weighted by atomic mass is 16.3. The van der Waals surface area contributed by atoms with Crippen molar-refractivity contribution >= 4 is 0 Å². The summed E-state index contributed by atoms with van der Waals surface area (Å²) in [7, 11) is 0. The van der Waals surface area contributed by atoms with Crippen molar-refractivity contribution in [2.45, 2.75) is 25.0 Å². The molecule has 0 saturated heterocycles. The first-order valence-electron chi connectivity index (χ1n) is 3.30. The first-order chi connectivity index (χ1) is 4.25. The third-order valence-corrected chi connectivity index (χ3v) is 1.80. The number of aliphatic hydroxyl groups is 2. The molecule has 54 valence electrons. The summed E-state index contributed by atoms with van der Waals surface area (Å²) in [5, 5.41) is 17.4. The monoisotopic (exact) mass is 131 g/mol. The predicted octanol–water partition coefficient (Wildman–Crippen LogP) is -0.923. The third-order valence-electron chi connectivity index (χ3n) is 1.80. The molecule has 0 aromatic rings. The van der Waals surface area contributed by atoms with E-state index in [-0.39, 0.29) is 12.6 Å². The Labute approximate surface area is 54.5 Å². The molecule has 3 heteroatoms. The predicted molar refractivity (Wildman–Crippen MR) is 33.8 cm³/mol. The Kier molecular flexibility index (Phi) is 2.05. The van der Waals surface area contributed by atoms with E-state index in [0.29, 0.717) is 5.92 Å². The molecule has 0 bridgehead atoms. The second-order valence-electron chi connectivity index (χ2n) is 2.66. The van der Waals surface area contributed by atoms with E-state index in [1.165, 1.54) is 0 Å². The third kappa shape index (κ3) is 1.64. The van der Waals surface area contributed by atoms with Gasteiger partial charge < -0.3 is 15.9 Å². The van der Waals surface area contributed by atoms with Gasteiger partial charge >= 0.3 is 0 Å². The van der Waals surface area contributed by atoms with Crippen molar-refractivity contribution in [3.63, 3.8) is 0 Å². The number of hydrogen-bond acceptors (Lipinski definition) is 3. The van der Waals surface area contributed by atoms with Crippen molar-refractivity contribution in [3.8, 4) is 0 Å². The second kappa shape index (κ2) is 2.64. The van der Waals surface area contributed by atoms with E-state index in [2.05, 4.69) is 0 Å². The van der Waals surface area contributed by atoms with Gasteiger partial charge in [-0.15, -0.1) is 0 Å². The van der Waals surface area contributed by atoms with Crippen LogP contribution in [0.25, 0.3) is 0 Å². The first kappa shape index (κ1) is 6.99. The molecule has 1 aliphatic carbocycles. The Morgan fingerprint density at radius 2 is 2.11 bits per heavy atom. The highest BCUT2D eigenvalue weighted by Crippen LogP contribution is 2.32. The summed E-state index contributed by atoms with van der Waals surface area (Å²) in [6.45, 7) is -0.211. The Morgan fingerprint density at radius 3 is 2.44 bits per heavy atom. The summed E-state index contributed by atoms with van der Waals surface area (Å²) < 4.78 is 0. The second-order valence-corrected chi connectivity index (χ2v) is 2.66. The van der Waals surface area contributed by atoms with Gasteiger partial charge in [-0.3, -0.25) is 0 Å². The SMILES string of the molecule is NC(C(O)CO)C1CC1. The lowest BCUT2D eigenvalue weighted by atomic mass is 10.1. The molecule has 2 atom stereocenters. The largest absolute Gasteiger partial charge is 0.394 e. The normalized spacial score (nSPS) is 25.7. The Bertz CT molecular complexity index is 93.1. The van der Waals surface area contributed by atoms with Gasteiger partial charge in [0.05, 0.1) is 12.7 Å². The molecule has 1 saturated carbocycles. The number of nitrogens with two attached hydrogens (primary N) is 1. The molecule has 9 heavy (non-hydrogen) atoms. The van der Waals surface area contributed by atoms with Gasteiger partial charge in [0.15, 0.2) is 0 Å². The van der Waals surface area contributed by atoms with Crippen LogP contribution in [0.3, 0.4) is 0 Å². The molecule has 1 aliphatic rings. The first-order valence-corrected chi connectivity index (χ1v) is 3.30. The molecule has 0 amide bonds. The highest BCUT2D eigenvalue weighted by Gasteiger charge is 2.32. The lowest BCUT2D eigenvalue weighted by molar-refractivity contribution is 0.0682. The minimum absolute atomic E-state index is 0.199. The van der Waals surface area contributed by atoms with E-state index in [4.69, 9.17) is 15.9 Å². The van der Waals surface area contributed by atoms with Crippen molar-refractivity contribution in [3.05, 3.63) is 0 Å². The molecule has 1 fully saturated rings. The average molecular weight is 131 g/mol. The quantitative estimate of drug-likeness (QED) is 0.464. The maximum absolute atomic E-state index is 8.96. The number of hydrogen-bond donors (Lipinski definition) is 3. The van der Waals surface area contributed by atoms with Crippen LogP contribution in [0.1, 0.15) is 12.8 Å². The van der Waals surface area contributed by atoms with Crippen LogP contribution in [0, 0.1) is 5.92 Å². The summed E-state index contributed by atoms with van der Waals surface area (Å²) in [6, 6.07) is -0.199. The van der Waals surface area contributed by atoms with Gasteiger partial charge in [0.25, 0.3) is 0 Å². The van der Waals surface area contributed by atoms with Crippen molar-refractivity contribution in [1.29, 1.82) is 0 Å². The minimum Gasteiger partial charge on any atom is -0.394 e. The van der Waals surface area contributed by atoms with Crippen molar-refractivity contribution in [2.24, 2.45) is 11.7 Å². The summed E-state index contributed by atoms with van der Waals surface area (Å²) in [5.74, 6) is 0.465. The van der Waals surface area contributed by atoms with Gasteiger partial charge in [-0.05, 0) is 18.8 Å². The Hall–Kier alpha value is -0.120. The highest BCUT2D eigenvalue weighted by molar-refractivity contribution is 4.88. The molecule has 0 heterocycles. The fourth-order valence-electron chi connectivity index (χ4n) is 0.917. The molecule has 0 spiro atoms. The summed E-state index contributed by atoms with van der Waals surface area (Å²) in [6.07, 6.45) is 1.51.